The van der Waals surface area contributed by atoms with Crippen LogP contribution in [0.1, 0.15) is 18.9 Å². The summed E-state index contributed by atoms with van der Waals surface area (Å²) >= 11 is 0. The third-order valence-electron chi connectivity index (χ3n) is 4.38. The van der Waals surface area contributed by atoms with Crippen molar-refractivity contribution in [3.63, 3.8) is 0 Å². The van der Waals surface area contributed by atoms with Crippen molar-refractivity contribution in [2.75, 3.05) is 5.32 Å². The maximum Gasteiger partial charge on any atom is 0.221 e. The Morgan fingerprint density at radius 3 is 2.26 bits per heavy atom. The second-order valence-corrected chi connectivity index (χ2v) is 6.43. The molecular formula is C23H22N2O2. The molecule has 0 aliphatic heterocycles. The van der Waals surface area contributed by atoms with Gasteiger partial charge in [0.25, 0.3) is 0 Å². The Kier molecular flexibility index (Phi) is 5.67. The molecule has 0 spiro atoms. The maximum absolute atomic E-state index is 11.7. The Hall–Kier alpha value is -3.40. The first kappa shape index (κ1) is 18.4. The summed E-state index contributed by atoms with van der Waals surface area (Å²) in [5, 5.41) is 2.94. The van der Waals surface area contributed by atoms with Crippen LogP contribution in [0.4, 0.5) is 5.69 Å². The number of hydrogen-bond acceptors (Lipinski definition) is 2. The summed E-state index contributed by atoms with van der Waals surface area (Å²) in [6.45, 7) is 1.50. The maximum atomic E-state index is 11.7. The minimum atomic E-state index is -0.317. The van der Waals surface area contributed by atoms with Crippen molar-refractivity contribution in [2.24, 2.45) is 5.73 Å². The van der Waals surface area contributed by atoms with Crippen molar-refractivity contribution in [3.8, 4) is 22.3 Å². The molecule has 0 fully saturated rings. The van der Waals surface area contributed by atoms with Gasteiger partial charge in [-0.2, -0.15) is 0 Å². The number of carbonyl (C=O) groups excluding carboxylic acids is 2. The standard InChI is InChI=1S/C23H22N2O2/c1-16(26)25-22-15-19(11-13-21(22)17-7-3-2-4-8-17)20-10-6-5-9-18(20)12-14-23(24)27/h2-11,13,15H,12,14H2,1H3,(H2,24,27)(H,25,26). The van der Waals surface area contributed by atoms with Crippen molar-refractivity contribution in [1.29, 1.82) is 0 Å². The Morgan fingerprint density at radius 2 is 1.56 bits per heavy atom. The Balaban J connectivity index is 2.05. The topological polar surface area (TPSA) is 72.2 Å². The molecule has 136 valence electrons. The minimum absolute atomic E-state index is 0.119. The molecule has 0 aliphatic carbocycles. The number of benzene rings is 3. The lowest BCUT2D eigenvalue weighted by Gasteiger charge is -2.15. The number of rotatable bonds is 6. The highest BCUT2D eigenvalue weighted by molar-refractivity contribution is 5.95. The van der Waals surface area contributed by atoms with E-state index < -0.39 is 0 Å². The highest BCUT2D eigenvalue weighted by Crippen LogP contribution is 2.34. The minimum Gasteiger partial charge on any atom is -0.370 e. The number of aryl methyl sites for hydroxylation is 1. The van der Waals surface area contributed by atoms with Crippen LogP contribution in [0.3, 0.4) is 0 Å². The van der Waals surface area contributed by atoms with Gasteiger partial charge in [-0.15, -0.1) is 0 Å². The van der Waals surface area contributed by atoms with Crippen molar-refractivity contribution in [2.45, 2.75) is 19.8 Å². The summed E-state index contributed by atoms with van der Waals surface area (Å²) < 4.78 is 0. The van der Waals surface area contributed by atoms with Crippen molar-refractivity contribution in [3.05, 3.63) is 78.4 Å². The molecule has 0 heterocycles. The zero-order valence-corrected chi connectivity index (χ0v) is 15.2. The second kappa shape index (κ2) is 8.32. The number of primary amides is 1. The van der Waals surface area contributed by atoms with Gasteiger partial charge in [-0.25, -0.2) is 0 Å². The lowest BCUT2D eigenvalue weighted by Crippen LogP contribution is -2.11. The van der Waals surface area contributed by atoms with Crippen LogP contribution >= 0.6 is 0 Å². The number of carbonyl (C=O) groups is 2. The van der Waals surface area contributed by atoms with Crippen molar-refractivity contribution in [1.82, 2.24) is 0 Å². The fraction of sp³-hybridized carbons (Fsp3) is 0.130. The van der Waals surface area contributed by atoms with Gasteiger partial charge in [0.05, 0.1) is 0 Å². The predicted molar refractivity (Wildman–Crippen MR) is 109 cm³/mol. The van der Waals surface area contributed by atoms with Gasteiger partial charge in [0.15, 0.2) is 0 Å². The quantitative estimate of drug-likeness (QED) is 0.686. The van der Waals surface area contributed by atoms with Gasteiger partial charge < -0.3 is 11.1 Å². The summed E-state index contributed by atoms with van der Waals surface area (Å²) in [5.74, 6) is -0.436. The molecule has 3 rings (SSSR count). The van der Waals surface area contributed by atoms with Gasteiger partial charge >= 0.3 is 0 Å². The van der Waals surface area contributed by atoms with Crippen molar-refractivity contribution >= 4 is 17.5 Å². The van der Waals surface area contributed by atoms with E-state index in [2.05, 4.69) is 5.32 Å². The average Bonchev–Trinajstić information content (AvgIpc) is 2.67. The smallest absolute Gasteiger partial charge is 0.221 e. The third kappa shape index (κ3) is 4.61. The van der Waals surface area contributed by atoms with Crippen molar-refractivity contribution < 1.29 is 9.59 Å². The molecule has 0 atom stereocenters. The molecule has 2 amide bonds. The monoisotopic (exact) mass is 358 g/mol. The molecule has 0 saturated heterocycles. The Morgan fingerprint density at radius 1 is 0.852 bits per heavy atom. The normalized spacial score (nSPS) is 10.4. The first-order valence-electron chi connectivity index (χ1n) is 8.88. The third-order valence-corrected chi connectivity index (χ3v) is 4.38. The Labute approximate surface area is 159 Å². The molecule has 0 saturated carbocycles. The molecule has 27 heavy (non-hydrogen) atoms. The van der Waals surface area contributed by atoms with E-state index in [1.54, 1.807) is 0 Å². The molecule has 4 heteroatoms. The first-order chi connectivity index (χ1) is 13.0. The molecule has 0 radical (unpaired) electrons. The summed E-state index contributed by atoms with van der Waals surface area (Å²) in [5.41, 5.74) is 11.1. The number of nitrogens with one attached hydrogen (secondary N) is 1. The largest absolute Gasteiger partial charge is 0.370 e. The highest BCUT2D eigenvalue weighted by Gasteiger charge is 2.11. The van der Waals surface area contributed by atoms with Gasteiger partial charge in [-0.05, 0) is 34.7 Å². The number of nitrogens with two attached hydrogens (primary N) is 1. The van der Waals surface area contributed by atoms with Gasteiger partial charge in [0.2, 0.25) is 11.8 Å². The van der Waals surface area contributed by atoms with Crippen LogP contribution in [0, 0.1) is 0 Å². The van der Waals surface area contributed by atoms with E-state index >= 15 is 0 Å². The van der Waals surface area contributed by atoms with Crippen LogP contribution in [0.2, 0.25) is 0 Å². The van der Waals surface area contributed by atoms with Crippen LogP contribution in [0.25, 0.3) is 22.3 Å². The number of anilines is 1. The lowest BCUT2D eigenvalue weighted by atomic mass is 9.93. The van der Waals surface area contributed by atoms with E-state index in [0.717, 1.165) is 33.5 Å². The van der Waals surface area contributed by atoms with Gasteiger partial charge in [-0.3, -0.25) is 9.59 Å². The molecule has 3 aromatic carbocycles. The zero-order chi connectivity index (χ0) is 19.2. The van der Waals surface area contributed by atoms with Crippen LogP contribution in [0.5, 0.6) is 0 Å². The molecule has 0 aliphatic rings. The van der Waals surface area contributed by atoms with E-state index in [-0.39, 0.29) is 11.8 Å². The molecule has 0 unspecified atom stereocenters. The van der Waals surface area contributed by atoms with Crippen LogP contribution < -0.4 is 11.1 Å². The summed E-state index contributed by atoms with van der Waals surface area (Å²) in [6, 6.07) is 23.9. The fourth-order valence-electron chi connectivity index (χ4n) is 3.15. The summed E-state index contributed by atoms with van der Waals surface area (Å²) in [4.78, 5) is 22.9. The van der Waals surface area contributed by atoms with Gasteiger partial charge in [0, 0.05) is 24.6 Å². The van der Waals surface area contributed by atoms with Crippen LogP contribution in [-0.2, 0) is 16.0 Å². The first-order valence-corrected chi connectivity index (χ1v) is 8.88. The highest BCUT2D eigenvalue weighted by atomic mass is 16.1. The summed E-state index contributed by atoms with van der Waals surface area (Å²) in [6.07, 6.45) is 0.888. The van der Waals surface area contributed by atoms with E-state index in [0.29, 0.717) is 12.8 Å². The van der Waals surface area contributed by atoms with E-state index in [1.807, 2.05) is 72.8 Å². The molecule has 0 aromatic heterocycles. The number of amides is 2. The molecule has 0 bridgehead atoms. The van der Waals surface area contributed by atoms with Gasteiger partial charge in [0.1, 0.15) is 0 Å². The summed E-state index contributed by atoms with van der Waals surface area (Å²) in [7, 11) is 0. The van der Waals surface area contributed by atoms with E-state index in [4.69, 9.17) is 5.73 Å². The van der Waals surface area contributed by atoms with Crippen LogP contribution in [0.15, 0.2) is 72.8 Å². The lowest BCUT2D eigenvalue weighted by molar-refractivity contribution is -0.118. The van der Waals surface area contributed by atoms with Crippen LogP contribution in [-0.4, -0.2) is 11.8 Å². The average molecular weight is 358 g/mol. The van der Waals surface area contributed by atoms with Gasteiger partial charge in [-0.1, -0.05) is 66.7 Å². The molecule has 3 aromatic rings. The molecular weight excluding hydrogens is 336 g/mol. The fourth-order valence-corrected chi connectivity index (χ4v) is 3.15. The SMILES string of the molecule is CC(=O)Nc1cc(-c2ccccc2CCC(N)=O)ccc1-c1ccccc1. The molecule has 3 N–H and O–H groups in total. The predicted octanol–water partition coefficient (Wildman–Crippen LogP) is 4.40. The van der Waals surface area contributed by atoms with E-state index in [1.165, 1.54) is 6.92 Å². The number of hydrogen-bond donors (Lipinski definition) is 2. The van der Waals surface area contributed by atoms with E-state index in [9.17, 15) is 9.59 Å². The molecule has 4 nitrogen and oxygen atoms in total. The Bertz CT molecular complexity index is 965. The zero-order valence-electron chi connectivity index (χ0n) is 15.2. The second-order valence-electron chi connectivity index (χ2n) is 6.43.